The van der Waals surface area contributed by atoms with Crippen LogP contribution in [-0.2, 0) is 4.79 Å². The molecule has 1 saturated heterocycles. The molecule has 22 heavy (non-hydrogen) atoms. The number of para-hydroxylation sites is 1. The summed E-state index contributed by atoms with van der Waals surface area (Å²) in [7, 11) is 0. The lowest BCUT2D eigenvalue weighted by Crippen LogP contribution is -2.55. The fourth-order valence-corrected chi connectivity index (χ4v) is 3.56. The van der Waals surface area contributed by atoms with E-state index in [9.17, 15) is 9.90 Å². The molecule has 0 bridgehead atoms. The Labute approximate surface area is 129 Å². The number of Topliss-reactive ketones (excluding diaryl/α,β-unsaturated/α-hetero) is 1. The van der Waals surface area contributed by atoms with Crippen molar-refractivity contribution in [2.75, 3.05) is 11.4 Å². The monoisotopic (exact) mass is 294 g/mol. The second-order valence-electron chi connectivity index (χ2n) is 6.20. The Hall–Kier alpha value is -2.20. The van der Waals surface area contributed by atoms with Crippen LogP contribution in [0.25, 0.3) is 0 Å². The van der Waals surface area contributed by atoms with Crippen molar-refractivity contribution in [1.82, 2.24) is 0 Å². The molecule has 4 rings (SSSR count). The predicted octanol–water partition coefficient (Wildman–Crippen LogP) is 2.11. The Balaban J connectivity index is 1.80. The van der Waals surface area contributed by atoms with Crippen LogP contribution >= 0.6 is 0 Å². The van der Waals surface area contributed by atoms with Crippen molar-refractivity contribution < 1.29 is 9.90 Å². The minimum Gasteiger partial charge on any atom is -0.374 e. The lowest BCUT2D eigenvalue weighted by atomic mass is 9.77. The molecule has 4 nitrogen and oxygen atoms in total. The molecule has 1 aliphatic carbocycles. The minimum absolute atomic E-state index is 0.121. The third-order valence-corrected chi connectivity index (χ3v) is 4.74. The fraction of sp³-hybridized carbons (Fsp3) is 0.333. The number of rotatable bonds is 1. The summed E-state index contributed by atoms with van der Waals surface area (Å²) in [5, 5.41) is 11.0. The zero-order valence-electron chi connectivity index (χ0n) is 12.4. The van der Waals surface area contributed by atoms with Crippen LogP contribution in [0.3, 0.4) is 0 Å². The van der Waals surface area contributed by atoms with Crippen LogP contribution in [0, 0.1) is 5.92 Å². The Morgan fingerprint density at radius 1 is 1.32 bits per heavy atom. The lowest BCUT2D eigenvalue weighted by Gasteiger charge is -2.36. The molecule has 0 saturated carbocycles. The molecule has 1 N–H and O–H groups in total. The van der Waals surface area contributed by atoms with Crippen molar-refractivity contribution in [1.29, 1.82) is 0 Å². The van der Waals surface area contributed by atoms with Gasteiger partial charge in [-0.15, -0.1) is 0 Å². The summed E-state index contributed by atoms with van der Waals surface area (Å²) in [6, 6.07) is 9.61. The van der Waals surface area contributed by atoms with Crippen LogP contribution in [0.1, 0.15) is 13.3 Å². The summed E-state index contributed by atoms with van der Waals surface area (Å²) < 4.78 is 0. The van der Waals surface area contributed by atoms with Crippen LogP contribution in [0.4, 0.5) is 5.69 Å². The average molecular weight is 294 g/mol. The van der Waals surface area contributed by atoms with Gasteiger partial charge in [0.15, 0.2) is 11.4 Å². The third-order valence-electron chi connectivity index (χ3n) is 4.74. The number of carbonyl (C=O) groups excluding carboxylic acids is 1. The zero-order valence-corrected chi connectivity index (χ0v) is 12.4. The largest absolute Gasteiger partial charge is 0.374 e. The van der Waals surface area contributed by atoms with Crippen LogP contribution in [-0.4, -0.2) is 34.9 Å². The Kier molecular flexibility index (Phi) is 2.84. The van der Waals surface area contributed by atoms with Crippen molar-refractivity contribution in [3.05, 3.63) is 54.1 Å². The standard InChI is InChI=1S/C18H18N2O2/c1-12-7-8-15-14(11-12)16(21)18(22)9-10-20(17(18)19-15)13-5-3-2-4-6-13/h2-8,11,14-15,22H,9-10H2,1H3/t14-,15+,18+/m0/s1. The van der Waals surface area contributed by atoms with E-state index in [1.54, 1.807) is 0 Å². The van der Waals surface area contributed by atoms with E-state index in [2.05, 4.69) is 0 Å². The molecule has 2 heterocycles. The van der Waals surface area contributed by atoms with Gasteiger partial charge in [0.1, 0.15) is 5.84 Å². The quantitative estimate of drug-likeness (QED) is 0.863. The first kappa shape index (κ1) is 13.5. The van der Waals surface area contributed by atoms with Crippen molar-refractivity contribution >= 4 is 17.3 Å². The number of allylic oxidation sites excluding steroid dienone is 2. The van der Waals surface area contributed by atoms with E-state index in [-0.39, 0.29) is 17.7 Å². The van der Waals surface area contributed by atoms with Gasteiger partial charge in [0.2, 0.25) is 0 Å². The second-order valence-corrected chi connectivity index (χ2v) is 6.20. The van der Waals surface area contributed by atoms with E-state index in [1.165, 1.54) is 0 Å². The summed E-state index contributed by atoms with van der Waals surface area (Å²) in [6.07, 6.45) is 6.28. The molecular formula is C18H18N2O2. The molecule has 0 radical (unpaired) electrons. The highest BCUT2D eigenvalue weighted by Gasteiger charge is 2.55. The van der Waals surface area contributed by atoms with Crippen LogP contribution in [0.2, 0.25) is 0 Å². The van der Waals surface area contributed by atoms with Gasteiger partial charge >= 0.3 is 0 Å². The van der Waals surface area contributed by atoms with Crippen LogP contribution < -0.4 is 4.90 Å². The molecular weight excluding hydrogens is 276 g/mol. The molecule has 0 aromatic heterocycles. The normalized spacial score (nSPS) is 33.2. The lowest BCUT2D eigenvalue weighted by molar-refractivity contribution is -0.134. The number of aliphatic hydroxyl groups is 1. The molecule has 0 amide bonds. The molecule has 0 unspecified atom stereocenters. The molecule has 4 heteroatoms. The number of hydrogen-bond donors (Lipinski definition) is 1. The highest BCUT2D eigenvalue weighted by Crippen LogP contribution is 2.38. The number of anilines is 1. The molecule has 3 aliphatic rings. The van der Waals surface area contributed by atoms with E-state index in [4.69, 9.17) is 4.99 Å². The Morgan fingerprint density at radius 2 is 2.09 bits per heavy atom. The maximum atomic E-state index is 12.8. The number of fused-ring (bicyclic) bond motifs is 2. The van der Waals surface area contributed by atoms with Crippen molar-refractivity contribution in [3.63, 3.8) is 0 Å². The zero-order chi connectivity index (χ0) is 15.3. The van der Waals surface area contributed by atoms with E-state index in [1.807, 2.05) is 60.4 Å². The maximum absolute atomic E-state index is 12.8. The number of benzene rings is 1. The van der Waals surface area contributed by atoms with Gasteiger partial charge in [-0.3, -0.25) is 9.79 Å². The highest BCUT2D eigenvalue weighted by molar-refractivity contribution is 6.22. The van der Waals surface area contributed by atoms with E-state index < -0.39 is 5.60 Å². The molecule has 1 fully saturated rings. The highest BCUT2D eigenvalue weighted by atomic mass is 16.3. The topological polar surface area (TPSA) is 52.9 Å². The van der Waals surface area contributed by atoms with Gasteiger partial charge in [-0.1, -0.05) is 42.0 Å². The van der Waals surface area contributed by atoms with E-state index >= 15 is 0 Å². The molecule has 112 valence electrons. The Bertz CT molecular complexity index is 720. The number of amidine groups is 1. The third kappa shape index (κ3) is 1.80. The summed E-state index contributed by atoms with van der Waals surface area (Å²) in [6.45, 7) is 2.57. The number of nitrogens with zero attached hydrogens (tertiary/aromatic N) is 2. The van der Waals surface area contributed by atoms with Crippen molar-refractivity contribution in [2.45, 2.75) is 25.0 Å². The van der Waals surface area contributed by atoms with Gasteiger partial charge in [-0.25, -0.2) is 0 Å². The van der Waals surface area contributed by atoms with E-state index in [0.29, 0.717) is 18.8 Å². The number of ketones is 1. The maximum Gasteiger partial charge on any atom is 0.182 e. The number of aliphatic imine (C=N–C) groups is 1. The van der Waals surface area contributed by atoms with Gasteiger partial charge in [0.05, 0.1) is 12.0 Å². The number of hydrogen-bond acceptors (Lipinski definition) is 4. The Morgan fingerprint density at radius 3 is 2.86 bits per heavy atom. The summed E-state index contributed by atoms with van der Waals surface area (Å²) in [5.41, 5.74) is 0.573. The predicted molar refractivity (Wildman–Crippen MR) is 86.0 cm³/mol. The fourth-order valence-electron chi connectivity index (χ4n) is 3.56. The summed E-state index contributed by atoms with van der Waals surface area (Å²) in [5.74, 6) is 0.0432. The smallest absolute Gasteiger partial charge is 0.182 e. The van der Waals surface area contributed by atoms with Gasteiger partial charge in [-0.05, 0) is 19.1 Å². The molecule has 0 spiro atoms. The molecule has 1 aromatic carbocycles. The minimum atomic E-state index is -1.45. The summed E-state index contributed by atoms with van der Waals surface area (Å²) >= 11 is 0. The first-order chi connectivity index (χ1) is 10.6. The van der Waals surface area contributed by atoms with Crippen LogP contribution in [0.5, 0.6) is 0 Å². The van der Waals surface area contributed by atoms with Crippen molar-refractivity contribution in [2.24, 2.45) is 10.9 Å². The van der Waals surface area contributed by atoms with Gasteiger partial charge in [0, 0.05) is 18.7 Å². The van der Waals surface area contributed by atoms with Crippen molar-refractivity contribution in [3.8, 4) is 0 Å². The SMILES string of the molecule is CC1=C[C@@H]2C(=O)[C@]3(O)CCN(c4ccccc4)C3=N[C@@H]2C=C1. The first-order valence-corrected chi connectivity index (χ1v) is 7.64. The molecule has 1 aromatic rings. The average Bonchev–Trinajstić information content (AvgIpc) is 2.88. The van der Waals surface area contributed by atoms with Crippen LogP contribution in [0.15, 0.2) is 59.1 Å². The number of carbonyl (C=O) groups is 1. The van der Waals surface area contributed by atoms with Gasteiger partial charge in [-0.2, -0.15) is 0 Å². The summed E-state index contributed by atoms with van der Waals surface area (Å²) in [4.78, 5) is 19.5. The molecule has 3 atom stereocenters. The molecule has 2 aliphatic heterocycles. The van der Waals surface area contributed by atoms with Gasteiger partial charge in [0.25, 0.3) is 0 Å². The van der Waals surface area contributed by atoms with Gasteiger partial charge < -0.3 is 10.0 Å². The first-order valence-electron chi connectivity index (χ1n) is 7.64. The second kappa shape index (κ2) is 4.65. The van der Waals surface area contributed by atoms with E-state index in [0.717, 1.165) is 11.3 Å².